The van der Waals surface area contributed by atoms with Crippen LogP contribution in [-0.2, 0) is 9.59 Å². The number of likely N-dealkylation sites (N-methyl/N-ethyl adjacent to an activating group) is 1. The summed E-state index contributed by atoms with van der Waals surface area (Å²) in [4.78, 5) is 28.2. The second-order valence-electron chi connectivity index (χ2n) is 5.16. The van der Waals surface area contributed by atoms with Gasteiger partial charge in [0.05, 0.1) is 11.8 Å². The summed E-state index contributed by atoms with van der Waals surface area (Å²) in [5.74, 6) is -0.440. The number of imide groups is 1. The van der Waals surface area contributed by atoms with E-state index >= 15 is 0 Å². The van der Waals surface area contributed by atoms with Crippen LogP contribution in [0, 0.1) is 11.8 Å². The first-order chi connectivity index (χ1) is 9.08. The average molecular weight is 285 g/mol. The minimum atomic E-state index is -0.221. The van der Waals surface area contributed by atoms with E-state index in [2.05, 4.69) is 18.7 Å². The molecule has 4 nitrogen and oxygen atoms in total. The van der Waals surface area contributed by atoms with E-state index in [0.717, 1.165) is 19.6 Å². The lowest BCUT2D eigenvalue weighted by Gasteiger charge is -2.22. The van der Waals surface area contributed by atoms with E-state index in [1.54, 1.807) is 0 Å². The minimum Gasteiger partial charge on any atom is -0.302 e. The van der Waals surface area contributed by atoms with E-state index in [0.29, 0.717) is 24.4 Å². The molecule has 0 aromatic carbocycles. The van der Waals surface area contributed by atoms with Crippen LogP contribution in [0.1, 0.15) is 26.7 Å². The second kappa shape index (κ2) is 6.06. The van der Waals surface area contributed by atoms with E-state index in [9.17, 15) is 9.59 Å². The predicted octanol–water partition coefficient (Wildman–Crippen LogP) is 1.85. The standard InChI is InChI=1S/C14H21ClN2O2/c1-3-16(4-2)7-8-17-13(18)11-6-5-10(15)9-12(11)14(17)19/h5,11-12H,3-4,6-9H2,1-2H3/t11-,12+/m0/s1. The van der Waals surface area contributed by atoms with Crippen LogP contribution in [0.25, 0.3) is 0 Å². The molecule has 0 unspecified atom stereocenters. The molecule has 1 saturated heterocycles. The summed E-state index contributed by atoms with van der Waals surface area (Å²) in [6.45, 7) is 7.30. The molecule has 0 bridgehead atoms. The Morgan fingerprint density at radius 2 is 1.89 bits per heavy atom. The maximum absolute atomic E-state index is 12.3. The summed E-state index contributed by atoms with van der Waals surface area (Å²) in [5.41, 5.74) is 0. The van der Waals surface area contributed by atoms with Crippen LogP contribution in [0.2, 0.25) is 0 Å². The first kappa shape index (κ1) is 14.5. The number of hydrogen-bond donors (Lipinski definition) is 0. The van der Waals surface area contributed by atoms with Gasteiger partial charge in [0.25, 0.3) is 0 Å². The van der Waals surface area contributed by atoms with Gasteiger partial charge in [-0.05, 0) is 25.9 Å². The normalized spacial score (nSPS) is 26.9. The van der Waals surface area contributed by atoms with Gasteiger partial charge >= 0.3 is 0 Å². The van der Waals surface area contributed by atoms with Crippen LogP contribution in [0.5, 0.6) is 0 Å². The van der Waals surface area contributed by atoms with Gasteiger partial charge in [-0.1, -0.05) is 31.5 Å². The predicted molar refractivity (Wildman–Crippen MR) is 74.7 cm³/mol. The molecule has 0 aromatic heterocycles. The number of halogens is 1. The Balaban J connectivity index is 2.00. The van der Waals surface area contributed by atoms with E-state index < -0.39 is 0 Å². The maximum atomic E-state index is 12.3. The molecule has 5 heteroatoms. The SMILES string of the molecule is CCN(CC)CCN1C(=O)[C@H]2CC=C(Cl)C[C@H]2C1=O. The molecule has 2 atom stereocenters. The third-order valence-electron chi connectivity index (χ3n) is 4.19. The average Bonchev–Trinajstić information content (AvgIpc) is 2.64. The van der Waals surface area contributed by atoms with Crippen LogP contribution >= 0.6 is 11.6 Å². The lowest BCUT2D eigenvalue weighted by molar-refractivity contribution is -0.140. The Morgan fingerprint density at radius 1 is 1.26 bits per heavy atom. The van der Waals surface area contributed by atoms with Crippen molar-refractivity contribution in [2.45, 2.75) is 26.7 Å². The fourth-order valence-electron chi connectivity index (χ4n) is 2.90. The highest BCUT2D eigenvalue weighted by molar-refractivity contribution is 6.30. The van der Waals surface area contributed by atoms with Crippen LogP contribution < -0.4 is 0 Å². The van der Waals surface area contributed by atoms with Gasteiger partial charge in [0.2, 0.25) is 11.8 Å². The quantitative estimate of drug-likeness (QED) is 0.724. The molecule has 1 heterocycles. The molecule has 1 aliphatic heterocycles. The highest BCUT2D eigenvalue weighted by Crippen LogP contribution is 2.38. The highest BCUT2D eigenvalue weighted by atomic mass is 35.5. The number of carbonyl (C=O) groups is 2. The molecule has 0 N–H and O–H groups in total. The summed E-state index contributed by atoms with van der Waals surface area (Å²) < 4.78 is 0. The van der Waals surface area contributed by atoms with E-state index in [1.165, 1.54) is 4.90 Å². The molecular formula is C14H21ClN2O2. The molecule has 19 heavy (non-hydrogen) atoms. The van der Waals surface area contributed by atoms with Crippen LogP contribution in [-0.4, -0.2) is 47.8 Å². The molecule has 106 valence electrons. The van der Waals surface area contributed by atoms with Crippen molar-refractivity contribution in [3.8, 4) is 0 Å². The maximum Gasteiger partial charge on any atom is 0.233 e. The van der Waals surface area contributed by atoms with Gasteiger partial charge in [-0.2, -0.15) is 0 Å². The first-order valence-corrected chi connectivity index (χ1v) is 7.38. The minimum absolute atomic E-state index is 0.0115. The lowest BCUT2D eigenvalue weighted by Crippen LogP contribution is -2.39. The van der Waals surface area contributed by atoms with Crippen molar-refractivity contribution in [3.63, 3.8) is 0 Å². The molecule has 0 spiro atoms. The van der Waals surface area contributed by atoms with Gasteiger partial charge in [0.1, 0.15) is 0 Å². The van der Waals surface area contributed by atoms with Crippen molar-refractivity contribution in [1.29, 1.82) is 0 Å². The third kappa shape index (κ3) is 2.84. The van der Waals surface area contributed by atoms with Gasteiger partial charge in [-0.15, -0.1) is 0 Å². The van der Waals surface area contributed by atoms with Crippen LogP contribution in [0.3, 0.4) is 0 Å². The number of hydrogen-bond acceptors (Lipinski definition) is 3. The third-order valence-corrected chi connectivity index (χ3v) is 4.50. The van der Waals surface area contributed by atoms with E-state index in [4.69, 9.17) is 11.6 Å². The molecule has 0 saturated carbocycles. The zero-order valence-corrected chi connectivity index (χ0v) is 12.3. The molecule has 0 radical (unpaired) electrons. The number of rotatable bonds is 5. The smallest absolute Gasteiger partial charge is 0.233 e. The van der Waals surface area contributed by atoms with Gasteiger partial charge in [0.15, 0.2) is 0 Å². The number of nitrogens with zero attached hydrogens (tertiary/aromatic N) is 2. The number of allylic oxidation sites excluding steroid dienone is 2. The lowest BCUT2D eigenvalue weighted by atomic mass is 9.85. The Labute approximate surface area is 119 Å². The van der Waals surface area contributed by atoms with Gasteiger partial charge in [0, 0.05) is 18.1 Å². The Kier molecular flexibility index (Phi) is 4.63. The number of carbonyl (C=O) groups excluding carboxylic acids is 2. The summed E-state index contributed by atoms with van der Waals surface area (Å²) >= 11 is 5.99. The topological polar surface area (TPSA) is 40.6 Å². The van der Waals surface area contributed by atoms with Crippen molar-refractivity contribution in [2.75, 3.05) is 26.2 Å². The summed E-state index contributed by atoms with van der Waals surface area (Å²) in [6.07, 6.45) is 3.01. The molecule has 2 rings (SSSR count). The zero-order valence-electron chi connectivity index (χ0n) is 11.6. The number of amides is 2. The van der Waals surface area contributed by atoms with Crippen LogP contribution in [0.4, 0.5) is 0 Å². The number of likely N-dealkylation sites (tertiary alicyclic amines) is 1. The summed E-state index contributed by atoms with van der Waals surface area (Å²) in [5, 5.41) is 0.716. The van der Waals surface area contributed by atoms with Crippen molar-refractivity contribution in [2.24, 2.45) is 11.8 Å². The summed E-state index contributed by atoms with van der Waals surface area (Å²) in [7, 11) is 0. The van der Waals surface area contributed by atoms with Crippen molar-refractivity contribution in [1.82, 2.24) is 9.80 Å². The zero-order chi connectivity index (χ0) is 14.0. The summed E-state index contributed by atoms with van der Waals surface area (Å²) in [6, 6.07) is 0. The van der Waals surface area contributed by atoms with Crippen LogP contribution in [0.15, 0.2) is 11.1 Å². The van der Waals surface area contributed by atoms with E-state index in [1.807, 2.05) is 6.08 Å². The largest absolute Gasteiger partial charge is 0.302 e. The fraction of sp³-hybridized carbons (Fsp3) is 0.714. The Hall–Kier alpha value is -0.870. The van der Waals surface area contributed by atoms with Crippen molar-refractivity contribution in [3.05, 3.63) is 11.1 Å². The Bertz CT molecular complexity index is 404. The molecule has 2 aliphatic rings. The highest BCUT2D eigenvalue weighted by Gasteiger charge is 2.47. The van der Waals surface area contributed by atoms with Gasteiger partial charge < -0.3 is 4.90 Å². The number of fused-ring (bicyclic) bond motifs is 1. The molecule has 0 aromatic rings. The monoisotopic (exact) mass is 284 g/mol. The van der Waals surface area contributed by atoms with Gasteiger partial charge in [-0.3, -0.25) is 14.5 Å². The van der Waals surface area contributed by atoms with E-state index in [-0.39, 0.29) is 23.7 Å². The molecule has 1 fully saturated rings. The molecular weight excluding hydrogens is 264 g/mol. The molecule has 2 amide bonds. The second-order valence-corrected chi connectivity index (χ2v) is 5.64. The van der Waals surface area contributed by atoms with Gasteiger partial charge in [-0.25, -0.2) is 0 Å². The van der Waals surface area contributed by atoms with Crippen molar-refractivity contribution >= 4 is 23.4 Å². The van der Waals surface area contributed by atoms with Crippen molar-refractivity contribution < 1.29 is 9.59 Å². The Morgan fingerprint density at radius 3 is 2.53 bits per heavy atom. The molecule has 1 aliphatic carbocycles. The fourth-order valence-corrected chi connectivity index (χ4v) is 3.15. The first-order valence-electron chi connectivity index (χ1n) is 7.00.